The number of pyridine rings is 1. The van der Waals surface area contributed by atoms with Gasteiger partial charge in [-0.2, -0.15) is 0 Å². The zero-order valence-electron chi connectivity index (χ0n) is 9.70. The van der Waals surface area contributed by atoms with Crippen LogP contribution in [0.15, 0.2) is 29.1 Å². The topological polar surface area (TPSA) is 53.6 Å². The van der Waals surface area contributed by atoms with Crippen LogP contribution in [0.1, 0.15) is 17.8 Å². The summed E-state index contributed by atoms with van der Waals surface area (Å²) in [6.07, 6.45) is 7.44. The molecule has 0 aliphatic heterocycles. The van der Waals surface area contributed by atoms with Crippen LogP contribution in [0.4, 0.5) is 5.82 Å². The second kappa shape index (κ2) is 5.82. The largest absolute Gasteiger partial charge is 0.370 e. The normalized spacial score (nSPS) is 10.5. The molecule has 0 fully saturated rings. The maximum atomic E-state index is 4.29. The number of anilines is 1. The van der Waals surface area contributed by atoms with E-state index in [1.807, 2.05) is 18.5 Å². The highest BCUT2D eigenvalue weighted by Crippen LogP contribution is 2.17. The molecule has 0 saturated heterocycles. The molecule has 0 aliphatic rings. The van der Waals surface area contributed by atoms with Crippen LogP contribution in [-0.4, -0.2) is 21.5 Å². The molecule has 2 aromatic heterocycles. The fourth-order valence-corrected chi connectivity index (χ4v) is 1.76. The highest BCUT2D eigenvalue weighted by atomic mass is 79.9. The summed E-state index contributed by atoms with van der Waals surface area (Å²) in [7, 11) is 0. The summed E-state index contributed by atoms with van der Waals surface area (Å²) in [6.45, 7) is 2.95. The molecule has 0 unspecified atom stereocenters. The molecule has 0 radical (unpaired) electrons. The van der Waals surface area contributed by atoms with Crippen molar-refractivity contribution in [3.05, 3.63) is 40.5 Å². The number of aryl methyl sites for hydroxylation is 2. The van der Waals surface area contributed by atoms with Gasteiger partial charge in [-0.1, -0.05) is 0 Å². The molecular formula is C12H15BrN4. The van der Waals surface area contributed by atoms with E-state index in [0.29, 0.717) is 0 Å². The maximum absolute atomic E-state index is 4.29. The lowest BCUT2D eigenvalue weighted by Crippen LogP contribution is -2.05. The molecule has 17 heavy (non-hydrogen) atoms. The van der Waals surface area contributed by atoms with Gasteiger partial charge in [0.05, 0.1) is 0 Å². The Labute approximate surface area is 109 Å². The average molecular weight is 295 g/mol. The predicted octanol–water partition coefficient (Wildman–Crippen LogP) is 2.92. The first-order chi connectivity index (χ1) is 8.25. The first-order valence-electron chi connectivity index (χ1n) is 5.60. The van der Waals surface area contributed by atoms with Crippen molar-refractivity contribution in [1.29, 1.82) is 0 Å². The van der Waals surface area contributed by atoms with Crippen molar-refractivity contribution < 1.29 is 0 Å². The Bertz CT molecular complexity index is 467. The van der Waals surface area contributed by atoms with E-state index in [-0.39, 0.29) is 0 Å². The van der Waals surface area contributed by atoms with Crippen LogP contribution in [0.2, 0.25) is 0 Å². The number of H-pyrrole nitrogens is 1. The fourth-order valence-electron chi connectivity index (χ4n) is 1.54. The maximum Gasteiger partial charge on any atom is 0.126 e. The van der Waals surface area contributed by atoms with E-state index in [0.717, 1.165) is 35.5 Å². The summed E-state index contributed by atoms with van der Waals surface area (Å²) in [4.78, 5) is 11.6. The van der Waals surface area contributed by atoms with Crippen LogP contribution in [-0.2, 0) is 6.42 Å². The molecule has 2 aromatic rings. The molecule has 4 nitrogen and oxygen atoms in total. The summed E-state index contributed by atoms with van der Waals surface area (Å²) in [6, 6.07) is 2.04. The predicted molar refractivity (Wildman–Crippen MR) is 72.1 cm³/mol. The van der Waals surface area contributed by atoms with Crippen LogP contribution >= 0.6 is 15.9 Å². The Morgan fingerprint density at radius 3 is 3.00 bits per heavy atom. The van der Waals surface area contributed by atoms with Gasteiger partial charge in [0, 0.05) is 36.0 Å². The number of imidazole rings is 1. The van der Waals surface area contributed by atoms with E-state index >= 15 is 0 Å². The van der Waals surface area contributed by atoms with E-state index in [1.54, 1.807) is 6.20 Å². The summed E-state index contributed by atoms with van der Waals surface area (Å²) in [5, 5.41) is 3.30. The quantitative estimate of drug-likeness (QED) is 0.834. The van der Waals surface area contributed by atoms with Crippen molar-refractivity contribution in [2.24, 2.45) is 0 Å². The Morgan fingerprint density at radius 2 is 2.29 bits per heavy atom. The molecule has 0 amide bonds. The smallest absolute Gasteiger partial charge is 0.126 e. The highest BCUT2D eigenvalue weighted by molar-refractivity contribution is 9.10. The Balaban J connectivity index is 1.76. The lowest BCUT2D eigenvalue weighted by molar-refractivity contribution is 0.814. The first-order valence-corrected chi connectivity index (χ1v) is 6.39. The molecule has 0 aromatic carbocycles. The molecule has 2 N–H and O–H groups in total. The molecular weight excluding hydrogens is 280 g/mol. The second-order valence-corrected chi connectivity index (χ2v) is 4.74. The van der Waals surface area contributed by atoms with Gasteiger partial charge in [0.2, 0.25) is 0 Å². The number of nitrogens with zero attached hydrogens (tertiary/aromatic N) is 2. The number of rotatable bonds is 5. The number of aromatic amines is 1. The van der Waals surface area contributed by atoms with Crippen molar-refractivity contribution in [1.82, 2.24) is 15.0 Å². The van der Waals surface area contributed by atoms with Crippen molar-refractivity contribution in [3.63, 3.8) is 0 Å². The van der Waals surface area contributed by atoms with Gasteiger partial charge in [-0.05, 0) is 40.9 Å². The molecule has 2 rings (SSSR count). The molecule has 0 bridgehead atoms. The summed E-state index contributed by atoms with van der Waals surface area (Å²) >= 11 is 3.43. The van der Waals surface area contributed by atoms with Gasteiger partial charge in [-0.15, -0.1) is 0 Å². The monoisotopic (exact) mass is 294 g/mol. The number of hydrogen-bond donors (Lipinski definition) is 2. The molecule has 0 saturated carbocycles. The summed E-state index contributed by atoms with van der Waals surface area (Å²) in [5.74, 6) is 1.96. The molecule has 0 atom stereocenters. The molecule has 0 spiro atoms. The highest BCUT2D eigenvalue weighted by Gasteiger charge is 1.99. The number of halogens is 1. The minimum absolute atomic E-state index is 0.898. The zero-order chi connectivity index (χ0) is 12.1. The van der Waals surface area contributed by atoms with E-state index in [4.69, 9.17) is 0 Å². The van der Waals surface area contributed by atoms with Gasteiger partial charge in [0.25, 0.3) is 0 Å². The van der Waals surface area contributed by atoms with Gasteiger partial charge in [0.15, 0.2) is 0 Å². The van der Waals surface area contributed by atoms with Crippen LogP contribution in [0, 0.1) is 6.92 Å². The number of nitrogens with one attached hydrogen (secondary N) is 2. The minimum atomic E-state index is 0.898. The third-order valence-corrected chi connectivity index (χ3v) is 3.33. The zero-order valence-corrected chi connectivity index (χ0v) is 11.3. The van der Waals surface area contributed by atoms with Crippen molar-refractivity contribution in [2.45, 2.75) is 19.8 Å². The third kappa shape index (κ3) is 3.56. The van der Waals surface area contributed by atoms with Crippen LogP contribution in [0.3, 0.4) is 0 Å². The Hall–Kier alpha value is -1.36. The van der Waals surface area contributed by atoms with Gasteiger partial charge in [0.1, 0.15) is 11.6 Å². The van der Waals surface area contributed by atoms with Crippen LogP contribution in [0.25, 0.3) is 0 Å². The average Bonchev–Trinajstić information content (AvgIpc) is 2.82. The number of hydrogen-bond acceptors (Lipinski definition) is 3. The molecule has 5 heteroatoms. The summed E-state index contributed by atoms with van der Waals surface area (Å²) in [5.41, 5.74) is 1.19. The minimum Gasteiger partial charge on any atom is -0.370 e. The van der Waals surface area contributed by atoms with Gasteiger partial charge in [-0.25, -0.2) is 9.97 Å². The Morgan fingerprint density at radius 1 is 1.41 bits per heavy atom. The first kappa shape index (κ1) is 12.1. The molecule has 90 valence electrons. The van der Waals surface area contributed by atoms with Crippen LogP contribution < -0.4 is 5.32 Å². The van der Waals surface area contributed by atoms with E-state index in [2.05, 4.69) is 43.1 Å². The van der Waals surface area contributed by atoms with Crippen molar-refractivity contribution in [3.8, 4) is 0 Å². The lowest BCUT2D eigenvalue weighted by Gasteiger charge is -2.06. The third-order valence-electron chi connectivity index (χ3n) is 2.50. The standard InChI is InChI=1S/C12H15BrN4/c1-9-7-12(17-8-10(9)13)14-4-2-3-11-15-5-6-16-11/h5-8H,2-4H2,1H3,(H,14,17)(H,15,16). The van der Waals surface area contributed by atoms with Gasteiger partial charge >= 0.3 is 0 Å². The van der Waals surface area contributed by atoms with Gasteiger partial charge < -0.3 is 10.3 Å². The second-order valence-electron chi connectivity index (χ2n) is 3.88. The molecule has 2 heterocycles. The van der Waals surface area contributed by atoms with E-state index < -0.39 is 0 Å². The van der Waals surface area contributed by atoms with E-state index in [9.17, 15) is 0 Å². The van der Waals surface area contributed by atoms with E-state index in [1.165, 1.54) is 5.56 Å². The van der Waals surface area contributed by atoms with Crippen LogP contribution in [0.5, 0.6) is 0 Å². The van der Waals surface area contributed by atoms with Crippen molar-refractivity contribution >= 4 is 21.7 Å². The number of aromatic nitrogens is 3. The lowest BCUT2D eigenvalue weighted by atomic mass is 10.3. The summed E-state index contributed by atoms with van der Waals surface area (Å²) < 4.78 is 1.04. The van der Waals surface area contributed by atoms with Gasteiger partial charge in [-0.3, -0.25) is 0 Å². The molecule has 0 aliphatic carbocycles. The Kier molecular flexibility index (Phi) is 4.14. The SMILES string of the molecule is Cc1cc(NCCCc2ncc[nH]2)ncc1Br. The van der Waals surface area contributed by atoms with Crippen molar-refractivity contribution in [2.75, 3.05) is 11.9 Å². The fraction of sp³-hybridized carbons (Fsp3) is 0.333.